The number of hydrogen-bond acceptors (Lipinski definition) is 7. The molecule has 3 heterocycles. The molecule has 2 amide bonds. The van der Waals surface area contributed by atoms with Gasteiger partial charge >= 0.3 is 0 Å². The van der Waals surface area contributed by atoms with Gasteiger partial charge < -0.3 is 9.80 Å². The fourth-order valence-electron chi connectivity index (χ4n) is 3.31. The second-order valence-corrected chi connectivity index (χ2v) is 8.42. The summed E-state index contributed by atoms with van der Waals surface area (Å²) < 4.78 is 0. The van der Waals surface area contributed by atoms with Crippen molar-refractivity contribution in [2.45, 2.75) is 6.42 Å². The van der Waals surface area contributed by atoms with Crippen LogP contribution in [0, 0.1) is 0 Å². The number of benzene rings is 1. The van der Waals surface area contributed by atoms with Gasteiger partial charge in [-0.15, -0.1) is 0 Å². The Kier molecular flexibility index (Phi) is 5.84. The summed E-state index contributed by atoms with van der Waals surface area (Å²) in [4.78, 5) is 37.3. The van der Waals surface area contributed by atoms with Crippen LogP contribution in [0.1, 0.15) is 12.0 Å². The van der Waals surface area contributed by atoms with E-state index in [4.69, 9.17) is 16.6 Å². The number of halogens is 1. The molecule has 2 aliphatic heterocycles. The number of nitrogens with one attached hydrogen (secondary N) is 1. The zero-order valence-electron chi connectivity index (χ0n) is 15.9. The van der Waals surface area contributed by atoms with Crippen LogP contribution in [-0.2, 0) is 4.79 Å². The van der Waals surface area contributed by atoms with Crippen LogP contribution in [0.4, 0.5) is 10.6 Å². The van der Waals surface area contributed by atoms with E-state index in [1.54, 1.807) is 30.6 Å². The van der Waals surface area contributed by atoms with Gasteiger partial charge in [-0.2, -0.15) is 0 Å². The minimum Gasteiger partial charge on any atom is -0.354 e. The average Bonchev–Trinajstić information content (AvgIpc) is 2.89. The number of hydrogen-bond donors (Lipinski definition) is 1. The molecule has 29 heavy (non-hydrogen) atoms. The highest BCUT2D eigenvalue weighted by Gasteiger charge is 2.25. The van der Waals surface area contributed by atoms with Crippen LogP contribution in [0.3, 0.4) is 0 Å². The molecule has 0 spiro atoms. The predicted octanol–water partition coefficient (Wildman–Crippen LogP) is 3.26. The second-order valence-electron chi connectivity index (χ2n) is 7.00. The quantitative estimate of drug-likeness (QED) is 0.750. The first kappa shape index (κ1) is 19.9. The van der Waals surface area contributed by atoms with E-state index in [-0.39, 0.29) is 11.1 Å². The first-order valence-electron chi connectivity index (χ1n) is 9.30. The number of amides is 2. The number of imide groups is 1. The van der Waals surface area contributed by atoms with Gasteiger partial charge in [-0.1, -0.05) is 17.7 Å². The lowest BCUT2D eigenvalue weighted by atomic mass is 10.1. The van der Waals surface area contributed by atoms with Crippen LogP contribution >= 0.6 is 23.4 Å². The van der Waals surface area contributed by atoms with E-state index in [0.717, 1.165) is 61.3 Å². The van der Waals surface area contributed by atoms with Gasteiger partial charge in [0.05, 0.1) is 28.0 Å². The Morgan fingerprint density at radius 1 is 1.17 bits per heavy atom. The highest BCUT2D eigenvalue weighted by Crippen LogP contribution is 2.31. The van der Waals surface area contributed by atoms with Crippen molar-refractivity contribution in [1.29, 1.82) is 0 Å². The maximum Gasteiger partial charge on any atom is 0.290 e. The molecule has 150 valence electrons. The Bertz CT molecular complexity index is 997. The molecule has 1 N–H and O–H groups in total. The Morgan fingerprint density at radius 2 is 2.03 bits per heavy atom. The van der Waals surface area contributed by atoms with E-state index in [0.29, 0.717) is 15.6 Å². The summed E-state index contributed by atoms with van der Waals surface area (Å²) in [5.74, 6) is 0.443. The molecule has 1 aromatic carbocycles. The van der Waals surface area contributed by atoms with Crippen molar-refractivity contribution in [2.75, 3.05) is 38.1 Å². The van der Waals surface area contributed by atoms with Gasteiger partial charge in [0.1, 0.15) is 5.82 Å². The van der Waals surface area contributed by atoms with E-state index in [2.05, 4.69) is 27.1 Å². The van der Waals surface area contributed by atoms with Crippen LogP contribution in [-0.4, -0.2) is 59.2 Å². The molecule has 2 aliphatic rings. The number of likely N-dealkylation sites (N-methyl/N-ethyl adjacent to an activating group) is 1. The average molecular weight is 430 g/mol. The Balaban J connectivity index is 1.64. The topological polar surface area (TPSA) is 78.4 Å². The van der Waals surface area contributed by atoms with Crippen LogP contribution < -0.4 is 10.2 Å². The molecule has 1 aromatic heterocycles. The third-order valence-corrected chi connectivity index (χ3v) is 6.01. The monoisotopic (exact) mass is 429 g/mol. The van der Waals surface area contributed by atoms with Crippen LogP contribution in [0.2, 0.25) is 5.02 Å². The normalized spacial score (nSPS) is 19.5. The number of carbonyl (C=O) groups is 2. The molecule has 0 atom stereocenters. The first-order chi connectivity index (χ1) is 14.0. The minimum atomic E-state index is -0.385. The molecule has 2 saturated heterocycles. The van der Waals surface area contributed by atoms with Crippen molar-refractivity contribution in [2.24, 2.45) is 0 Å². The molecule has 0 saturated carbocycles. The molecular weight excluding hydrogens is 410 g/mol. The number of carbonyl (C=O) groups excluding carboxylic acids is 2. The van der Waals surface area contributed by atoms with E-state index < -0.39 is 0 Å². The number of aromatic nitrogens is 2. The second kappa shape index (κ2) is 8.52. The summed E-state index contributed by atoms with van der Waals surface area (Å²) in [5, 5.41) is 2.44. The fourth-order valence-corrected chi connectivity index (χ4v) is 4.21. The van der Waals surface area contributed by atoms with Crippen molar-refractivity contribution >= 4 is 46.4 Å². The third kappa shape index (κ3) is 4.60. The molecule has 2 aromatic rings. The van der Waals surface area contributed by atoms with E-state index in [1.165, 1.54) is 0 Å². The van der Waals surface area contributed by atoms with E-state index in [1.807, 2.05) is 6.07 Å². The molecule has 0 unspecified atom stereocenters. The molecule has 0 aliphatic carbocycles. The summed E-state index contributed by atoms with van der Waals surface area (Å²) in [5.41, 5.74) is 2.17. The lowest BCUT2D eigenvalue weighted by Gasteiger charge is -2.21. The minimum absolute atomic E-state index is 0.358. The molecule has 0 radical (unpaired) electrons. The van der Waals surface area contributed by atoms with Crippen molar-refractivity contribution in [3.05, 3.63) is 46.1 Å². The maximum absolute atomic E-state index is 11.8. The Labute approximate surface area is 178 Å². The van der Waals surface area contributed by atoms with Gasteiger partial charge in [0, 0.05) is 25.2 Å². The molecule has 9 heteroatoms. The number of rotatable bonds is 3. The summed E-state index contributed by atoms with van der Waals surface area (Å²) in [7, 11) is 2.13. The SMILES string of the molecule is CN1CCCN(c2cncc(-c3cc(/C=C4/SC(=O)NC4=O)ccc3Cl)n2)CC1. The first-order valence-corrected chi connectivity index (χ1v) is 10.5. The lowest BCUT2D eigenvalue weighted by molar-refractivity contribution is -0.115. The van der Waals surface area contributed by atoms with Gasteiger partial charge in [-0.05, 0) is 55.5 Å². The summed E-state index contributed by atoms with van der Waals surface area (Å²) in [6.45, 7) is 3.88. The maximum atomic E-state index is 11.8. The zero-order valence-corrected chi connectivity index (χ0v) is 17.5. The number of nitrogens with zero attached hydrogens (tertiary/aromatic N) is 4. The van der Waals surface area contributed by atoms with Crippen molar-refractivity contribution in [1.82, 2.24) is 20.2 Å². The molecule has 7 nitrogen and oxygen atoms in total. The van der Waals surface area contributed by atoms with Crippen molar-refractivity contribution in [3.63, 3.8) is 0 Å². The molecule has 2 fully saturated rings. The van der Waals surface area contributed by atoms with Crippen molar-refractivity contribution in [3.8, 4) is 11.3 Å². The third-order valence-electron chi connectivity index (χ3n) is 4.87. The van der Waals surface area contributed by atoms with Gasteiger partial charge in [-0.25, -0.2) is 4.98 Å². The van der Waals surface area contributed by atoms with Crippen LogP contribution in [0.15, 0.2) is 35.5 Å². The largest absolute Gasteiger partial charge is 0.354 e. The highest BCUT2D eigenvalue weighted by molar-refractivity contribution is 8.18. The van der Waals surface area contributed by atoms with Crippen molar-refractivity contribution < 1.29 is 9.59 Å². The van der Waals surface area contributed by atoms with Gasteiger partial charge in [0.25, 0.3) is 11.1 Å². The van der Waals surface area contributed by atoms with Gasteiger partial charge in [0.15, 0.2) is 0 Å². The summed E-state index contributed by atoms with van der Waals surface area (Å²) in [6, 6.07) is 5.42. The van der Waals surface area contributed by atoms with Gasteiger partial charge in [0.2, 0.25) is 0 Å². The van der Waals surface area contributed by atoms with Crippen LogP contribution in [0.25, 0.3) is 17.3 Å². The fraction of sp³-hybridized carbons (Fsp3) is 0.300. The summed E-state index contributed by atoms with van der Waals surface area (Å²) >= 11 is 7.32. The zero-order chi connectivity index (χ0) is 20.4. The smallest absolute Gasteiger partial charge is 0.290 e. The number of anilines is 1. The van der Waals surface area contributed by atoms with E-state index >= 15 is 0 Å². The van der Waals surface area contributed by atoms with Crippen LogP contribution in [0.5, 0.6) is 0 Å². The number of thioether (sulfide) groups is 1. The summed E-state index contributed by atoms with van der Waals surface area (Å²) in [6.07, 6.45) is 6.21. The lowest BCUT2D eigenvalue weighted by Crippen LogP contribution is -2.29. The highest BCUT2D eigenvalue weighted by atomic mass is 35.5. The molecule has 4 rings (SSSR count). The standard InChI is InChI=1S/C20H20ClN5O2S/c1-25-5-2-6-26(8-7-25)18-12-22-11-16(23-18)14-9-13(3-4-15(14)21)10-17-19(27)24-20(28)29-17/h3-4,9-12H,2,5-8H2,1H3,(H,24,27,28)/b17-10+. The molecule has 0 bridgehead atoms. The predicted molar refractivity (Wildman–Crippen MR) is 116 cm³/mol. The van der Waals surface area contributed by atoms with E-state index in [9.17, 15) is 9.59 Å². The Hall–Kier alpha value is -2.42. The molecular formula is C20H20ClN5O2S. The Morgan fingerprint density at radius 3 is 2.83 bits per heavy atom. The van der Waals surface area contributed by atoms with Gasteiger partial charge in [-0.3, -0.25) is 19.9 Å².